The van der Waals surface area contributed by atoms with Gasteiger partial charge in [-0.3, -0.25) is 9.59 Å². The molecule has 2 fully saturated rings. The Morgan fingerprint density at radius 1 is 1.17 bits per heavy atom. The summed E-state index contributed by atoms with van der Waals surface area (Å²) in [4.78, 5) is 23.2. The topological polar surface area (TPSA) is 84.2 Å². The summed E-state index contributed by atoms with van der Waals surface area (Å²) in [6.45, 7) is 0.570. The third-order valence-electron chi connectivity index (χ3n) is 3.73. The third kappa shape index (κ3) is 3.98. The molecule has 0 bridgehead atoms. The molecule has 18 heavy (non-hydrogen) atoms. The molecule has 2 atom stereocenters. The Labute approximate surface area is 108 Å². The highest BCUT2D eigenvalue weighted by atomic mass is 16.2. The molecule has 2 aliphatic carbocycles. The van der Waals surface area contributed by atoms with Crippen molar-refractivity contribution in [3.8, 4) is 0 Å². The molecule has 0 saturated heterocycles. The quantitative estimate of drug-likeness (QED) is 0.595. The average Bonchev–Trinajstić information content (AvgIpc) is 3.04. The molecule has 2 saturated carbocycles. The Morgan fingerprint density at radius 3 is 2.56 bits per heavy atom. The number of hydrogen-bond acceptors (Lipinski definition) is 3. The largest absolute Gasteiger partial charge is 0.356 e. The fourth-order valence-electron chi connectivity index (χ4n) is 2.43. The number of carbonyl (C=O) groups excluding carboxylic acids is 2. The Kier molecular flexibility index (Phi) is 4.58. The second-order valence-electron chi connectivity index (χ2n) is 5.44. The van der Waals surface area contributed by atoms with E-state index < -0.39 is 0 Å². The van der Waals surface area contributed by atoms with Crippen LogP contribution in [0.3, 0.4) is 0 Å². The molecule has 0 aromatic carbocycles. The monoisotopic (exact) mass is 253 g/mol. The molecule has 4 N–H and O–H groups in total. The maximum atomic E-state index is 11.8. The predicted octanol–water partition coefficient (Wildman–Crippen LogP) is 0.289. The van der Waals surface area contributed by atoms with Crippen LogP contribution in [0.5, 0.6) is 0 Å². The first-order chi connectivity index (χ1) is 8.66. The van der Waals surface area contributed by atoms with Gasteiger partial charge in [-0.1, -0.05) is 6.42 Å². The zero-order valence-corrected chi connectivity index (χ0v) is 10.8. The van der Waals surface area contributed by atoms with Crippen LogP contribution >= 0.6 is 0 Å². The summed E-state index contributed by atoms with van der Waals surface area (Å²) in [6.07, 6.45) is 6.31. The number of hydrogen-bond donors (Lipinski definition) is 3. The molecule has 2 amide bonds. The summed E-state index contributed by atoms with van der Waals surface area (Å²) < 4.78 is 0. The van der Waals surface area contributed by atoms with Gasteiger partial charge in [-0.15, -0.1) is 0 Å². The van der Waals surface area contributed by atoms with Gasteiger partial charge in [0.15, 0.2) is 0 Å². The third-order valence-corrected chi connectivity index (χ3v) is 3.73. The Bertz CT molecular complexity index is 315. The molecular weight excluding hydrogens is 230 g/mol. The highest BCUT2D eigenvalue weighted by Gasteiger charge is 2.29. The van der Waals surface area contributed by atoms with Crippen molar-refractivity contribution >= 4 is 11.8 Å². The molecule has 0 aromatic rings. The number of carbonyl (C=O) groups is 2. The lowest BCUT2D eigenvalue weighted by atomic mass is 10.0. The zero-order chi connectivity index (χ0) is 13.0. The van der Waals surface area contributed by atoms with Crippen LogP contribution in [0.1, 0.15) is 44.9 Å². The minimum Gasteiger partial charge on any atom is -0.356 e. The molecule has 5 nitrogen and oxygen atoms in total. The molecule has 2 rings (SSSR count). The van der Waals surface area contributed by atoms with Crippen molar-refractivity contribution in [1.82, 2.24) is 10.6 Å². The maximum absolute atomic E-state index is 11.8. The van der Waals surface area contributed by atoms with Gasteiger partial charge in [0, 0.05) is 25.0 Å². The van der Waals surface area contributed by atoms with E-state index in [1.165, 1.54) is 0 Å². The number of nitrogens with one attached hydrogen (secondary N) is 2. The van der Waals surface area contributed by atoms with E-state index in [2.05, 4.69) is 10.6 Å². The van der Waals surface area contributed by atoms with Crippen LogP contribution < -0.4 is 16.4 Å². The standard InChI is InChI=1S/C13H23N3O2/c14-11-4-1-3-10(11)13(18)15-8-2-5-12(17)16-9-6-7-9/h9-11H,1-8,14H2,(H,15,18)(H,16,17). The second kappa shape index (κ2) is 6.18. The highest BCUT2D eigenvalue weighted by molar-refractivity contribution is 5.80. The van der Waals surface area contributed by atoms with Crippen LogP contribution in [0.4, 0.5) is 0 Å². The molecule has 0 aliphatic heterocycles. The van der Waals surface area contributed by atoms with Gasteiger partial charge in [-0.05, 0) is 32.1 Å². The summed E-state index contributed by atoms with van der Waals surface area (Å²) in [7, 11) is 0. The summed E-state index contributed by atoms with van der Waals surface area (Å²) in [5, 5.41) is 5.81. The average molecular weight is 253 g/mol. The van der Waals surface area contributed by atoms with Gasteiger partial charge in [0.25, 0.3) is 0 Å². The maximum Gasteiger partial charge on any atom is 0.224 e. The van der Waals surface area contributed by atoms with Crippen molar-refractivity contribution in [3.63, 3.8) is 0 Å². The van der Waals surface area contributed by atoms with Gasteiger partial charge in [-0.2, -0.15) is 0 Å². The summed E-state index contributed by atoms with van der Waals surface area (Å²) >= 11 is 0. The molecule has 0 radical (unpaired) electrons. The van der Waals surface area contributed by atoms with Crippen molar-refractivity contribution in [3.05, 3.63) is 0 Å². The molecular formula is C13H23N3O2. The Morgan fingerprint density at radius 2 is 1.94 bits per heavy atom. The fourth-order valence-corrected chi connectivity index (χ4v) is 2.43. The molecule has 102 valence electrons. The van der Waals surface area contributed by atoms with E-state index in [0.29, 0.717) is 25.4 Å². The lowest BCUT2D eigenvalue weighted by Gasteiger charge is -2.14. The zero-order valence-electron chi connectivity index (χ0n) is 10.8. The highest BCUT2D eigenvalue weighted by Crippen LogP contribution is 2.23. The van der Waals surface area contributed by atoms with Crippen LogP contribution in [0.2, 0.25) is 0 Å². The number of amides is 2. The normalized spacial score (nSPS) is 26.9. The van der Waals surface area contributed by atoms with Crippen molar-refractivity contribution in [2.24, 2.45) is 11.7 Å². The van der Waals surface area contributed by atoms with Gasteiger partial charge in [-0.25, -0.2) is 0 Å². The van der Waals surface area contributed by atoms with Gasteiger partial charge in [0.05, 0.1) is 5.92 Å². The van der Waals surface area contributed by atoms with Crippen molar-refractivity contribution < 1.29 is 9.59 Å². The van der Waals surface area contributed by atoms with E-state index in [9.17, 15) is 9.59 Å². The molecule has 0 heterocycles. The van der Waals surface area contributed by atoms with E-state index >= 15 is 0 Å². The van der Waals surface area contributed by atoms with Crippen LogP contribution in [-0.2, 0) is 9.59 Å². The Hall–Kier alpha value is -1.10. The van der Waals surface area contributed by atoms with Crippen LogP contribution in [0.25, 0.3) is 0 Å². The molecule has 2 unspecified atom stereocenters. The smallest absolute Gasteiger partial charge is 0.224 e. The molecule has 0 aromatic heterocycles. The first-order valence-corrected chi connectivity index (χ1v) is 6.99. The van der Waals surface area contributed by atoms with Gasteiger partial charge >= 0.3 is 0 Å². The van der Waals surface area contributed by atoms with Gasteiger partial charge in [0.1, 0.15) is 0 Å². The van der Waals surface area contributed by atoms with Crippen LogP contribution in [0, 0.1) is 5.92 Å². The molecule has 0 spiro atoms. The molecule has 2 aliphatic rings. The molecule has 5 heteroatoms. The van der Waals surface area contributed by atoms with Crippen molar-refractivity contribution in [2.75, 3.05) is 6.54 Å². The van der Waals surface area contributed by atoms with E-state index in [0.717, 1.165) is 32.1 Å². The minimum atomic E-state index is -0.0229. The Balaban J connectivity index is 1.54. The van der Waals surface area contributed by atoms with E-state index in [1.54, 1.807) is 0 Å². The SMILES string of the molecule is NC1CCCC1C(=O)NCCCC(=O)NC1CC1. The lowest BCUT2D eigenvalue weighted by Crippen LogP contribution is -2.39. The van der Waals surface area contributed by atoms with E-state index in [-0.39, 0.29) is 23.8 Å². The van der Waals surface area contributed by atoms with Crippen LogP contribution in [-0.4, -0.2) is 30.4 Å². The second-order valence-corrected chi connectivity index (χ2v) is 5.44. The summed E-state index contributed by atoms with van der Waals surface area (Å²) in [6, 6.07) is 0.437. The van der Waals surface area contributed by atoms with Gasteiger partial charge in [0.2, 0.25) is 11.8 Å². The lowest BCUT2D eigenvalue weighted by molar-refractivity contribution is -0.125. The number of nitrogens with two attached hydrogens (primary N) is 1. The first-order valence-electron chi connectivity index (χ1n) is 6.99. The van der Waals surface area contributed by atoms with Crippen molar-refractivity contribution in [1.29, 1.82) is 0 Å². The predicted molar refractivity (Wildman–Crippen MR) is 68.7 cm³/mol. The summed E-state index contributed by atoms with van der Waals surface area (Å²) in [5.41, 5.74) is 5.87. The summed E-state index contributed by atoms with van der Waals surface area (Å²) in [5.74, 6) is 0.136. The van der Waals surface area contributed by atoms with Crippen LogP contribution in [0.15, 0.2) is 0 Å². The van der Waals surface area contributed by atoms with Crippen molar-refractivity contribution in [2.45, 2.75) is 57.0 Å². The van der Waals surface area contributed by atoms with Gasteiger partial charge < -0.3 is 16.4 Å². The van der Waals surface area contributed by atoms with E-state index in [1.807, 2.05) is 0 Å². The fraction of sp³-hybridized carbons (Fsp3) is 0.846. The van der Waals surface area contributed by atoms with E-state index in [4.69, 9.17) is 5.73 Å². The minimum absolute atomic E-state index is 0.0168. The number of rotatable bonds is 6. The first kappa shape index (κ1) is 13.3.